The molecular weight excluding hydrogens is 560 g/mol. The number of hydrogen-bond acceptors (Lipinski definition) is 8. The summed E-state index contributed by atoms with van der Waals surface area (Å²) in [5.74, 6) is -2.23. The molecule has 12 heteroatoms. The maximum Gasteiger partial charge on any atom is 0.339 e. The van der Waals surface area contributed by atoms with Gasteiger partial charge in [0.15, 0.2) is 0 Å². The van der Waals surface area contributed by atoms with Crippen molar-refractivity contribution in [2.45, 2.75) is 20.3 Å². The maximum atomic E-state index is 12.9. The quantitative estimate of drug-likeness (QED) is 0.234. The molecule has 3 amide bonds. The number of ether oxygens (including phenoxy) is 1. The number of furan rings is 1. The highest BCUT2D eigenvalue weighted by atomic mass is 35.5. The second-order valence-electron chi connectivity index (χ2n) is 8.68. The number of hydrogen-bond donors (Lipinski definition) is 2. The van der Waals surface area contributed by atoms with Gasteiger partial charge in [0, 0.05) is 17.3 Å². The molecule has 0 unspecified atom stereocenters. The van der Waals surface area contributed by atoms with Crippen LogP contribution in [-0.2, 0) is 14.3 Å². The number of nitrogens with one attached hydrogen (secondary N) is 1. The summed E-state index contributed by atoms with van der Waals surface area (Å²) in [5, 5.41) is 11.2. The summed E-state index contributed by atoms with van der Waals surface area (Å²) in [6.07, 6.45) is 2.04. The molecule has 1 aliphatic heterocycles. The van der Waals surface area contributed by atoms with E-state index in [4.69, 9.17) is 25.9 Å². The Bertz CT molecular complexity index is 1560. The number of nitrogens with zero attached hydrogens (tertiary/aromatic N) is 1. The third kappa shape index (κ3) is 6.44. The number of imide groups is 1. The van der Waals surface area contributed by atoms with Crippen LogP contribution in [0.15, 0.2) is 57.9 Å². The lowest BCUT2D eigenvalue weighted by molar-refractivity contribution is -0.127. The largest absolute Gasteiger partial charge is 0.478 e. The molecule has 3 aromatic rings. The molecule has 4 rings (SSSR count). The molecule has 0 atom stereocenters. The molecule has 1 aliphatic rings. The first-order valence-corrected chi connectivity index (χ1v) is 13.2. The van der Waals surface area contributed by atoms with Crippen LogP contribution in [0.5, 0.6) is 0 Å². The Labute approximate surface area is 237 Å². The minimum atomic E-state index is -1.04. The fraction of sp³-hybridized carbons (Fsp3) is 0.179. The molecule has 0 aliphatic carbocycles. The van der Waals surface area contributed by atoms with Crippen LogP contribution in [0.3, 0.4) is 0 Å². The molecule has 0 radical (unpaired) electrons. The summed E-state index contributed by atoms with van der Waals surface area (Å²) < 4.78 is 10.9. The monoisotopic (exact) mass is 582 g/mol. The summed E-state index contributed by atoms with van der Waals surface area (Å²) in [6, 6.07) is 12.2. The Morgan fingerprint density at radius 1 is 1.12 bits per heavy atom. The number of amides is 3. The molecule has 0 spiro atoms. The summed E-state index contributed by atoms with van der Waals surface area (Å²) in [4.78, 5) is 62.3. The van der Waals surface area contributed by atoms with E-state index in [0.29, 0.717) is 40.8 Å². The summed E-state index contributed by atoms with van der Waals surface area (Å²) in [7, 11) is 0. The molecule has 2 aromatic carbocycles. The SMILES string of the molecule is CCCOC(=O)c1cc(NC(=O)CN2C(=O)S/C(=C\c3ccc(-c4ccc(C(=O)O)cc4C)o3)C2=O)ccc1Cl. The van der Waals surface area contributed by atoms with E-state index in [1.165, 1.54) is 36.4 Å². The van der Waals surface area contributed by atoms with Gasteiger partial charge in [-0.15, -0.1) is 0 Å². The number of anilines is 1. The average molecular weight is 583 g/mol. The van der Waals surface area contributed by atoms with Crippen molar-refractivity contribution in [1.82, 2.24) is 4.90 Å². The van der Waals surface area contributed by atoms with Crippen molar-refractivity contribution in [2.24, 2.45) is 0 Å². The predicted octanol–water partition coefficient (Wildman–Crippen LogP) is 5.85. The van der Waals surface area contributed by atoms with Gasteiger partial charge in [-0.3, -0.25) is 19.3 Å². The second-order valence-corrected chi connectivity index (χ2v) is 10.1. The Balaban J connectivity index is 1.43. The van der Waals surface area contributed by atoms with Gasteiger partial charge in [-0.25, -0.2) is 9.59 Å². The summed E-state index contributed by atoms with van der Waals surface area (Å²) in [5.41, 5.74) is 1.84. The van der Waals surface area contributed by atoms with Gasteiger partial charge in [0.05, 0.1) is 27.7 Å². The van der Waals surface area contributed by atoms with E-state index in [2.05, 4.69) is 5.32 Å². The number of carboxylic acid groups (broad SMARTS) is 1. The first-order chi connectivity index (χ1) is 19.1. The normalized spacial score (nSPS) is 14.1. The van der Waals surface area contributed by atoms with Crippen LogP contribution in [0.25, 0.3) is 17.4 Å². The van der Waals surface area contributed by atoms with Crippen LogP contribution < -0.4 is 5.32 Å². The van der Waals surface area contributed by atoms with Crippen molar-refractivity contribution >= 4 is 64.1 Å². The van der Waals surface area contributed by atoms with Gasteiger partial charge in [0.1, 0.15) is 18.1 Å². The predicted molar refractivity (Wildman–Crippen MR) is 149 cm³/mol. The number of aryl methyl sites for hydroxylation is 1. The minimum absolute atomic E-state index is 0.0732. The molecular formula is C28H23ClN2O8S. The van der Waals surface area contributed by atoms with E-state index in [1.54, 1.807) is 25.1 Å². The van der Waals surface area contributed by atoms with Crippen LogP contribution >= 0.6 is 23.4 Å². The van der Waals surface area contributed by atoms with Crippen molar-refractivity contribution < 1.29 is 38.2 Å². The Hall–Kier alpha value is -4.35. The molecule has 2 N–H and O–H groups in total. The van der Waals surface area contributed by atoms with E-state index >= 15 is 0 Å². The highest BCUT2D eigenvalue weighted by Gasteiger charge is 2.36. The van der Waals surface area contributed by atoms with E-state index < -0.39 is 35.5 Å². The first-order valence-electron chi connectivity index (χ1n) is 12.0. The number of benzene rings is 2. The maximum absolute atomic E-state index is 12.9. The number of aromatic carboxylic acids is 1. The van der Waals surface area contributed by atoms with E-state index in [9.17, 15) is 24.0 Å². The minimum Gasteiger partial charge on any atom is -0.478 e. The van der Waals surface area contributed by atoms with E-state index in [-0.39, 0.29) is 33.3 Å². The Morgan fingerprint density at radius 2 is 1.90 bits per heavy atom. The van der Waals surface area contributed by atoms with Gasteiger partial charge in [-0.2, -0.15) is 0 Å². The van der Waals surface area contributed by atoms with Crippen molar-refractivity contribution in [2.75, 3.05) is 18.5 Å². The van der Waals surface area contributed by atoms with Gasteiger partial charge in [-0.05, 0) is 73.1 Å². The molecule has 0 bridgehead atoms. The molecule has 1 aromatic heterocycles. The third-order valence-corrected chi connectivity index (χ3v) is 6.96. The van der Waals surface area contributed by atoms with Crippen molar-refractivity contribution in [1.29, 1.82) is 0 Å². The van der Waals surface area contributed by atoms with E-state index in [1.807, 2.05) is 6.92 Å². The lowest BCUT2D eigenvalue weighted by Crippen LogP contribution is -2.36. The summed E-state index contributed by atoms with van der Waals surface area (Å²) >= 11 is 6.75. The zero-order valence-electron chi connectivity index (χ0n) is 21.4. The molecule has 10 nitrogen and oxygen atoms in total. The highest BCUT2D eigenvalue weighted by Crippen LogP contribution is 2.34. The number of thioether (sulfide) groups is 1. The highest BCUT2D eigenvalue weighted by molar-refractivity contribution is 8.18. The van der Waals surface area contributed by atoms with Crippen LogP contribution in [0.2, 0.25) is 5.02 Å². The molecule has 1 saturated heterocycles. The van der Waals surface area contributed by atoms with Gasteiger partial charge in [-0.1, -0.05) is 24.6 Å². The van der Waals surface area contributed by atoms with Gasteiger partial charge in [0.25, 0.3) is 11.1 Å². The van der Waals surface area contributed by atoms with Gasteiger partial charge in [0.2, 0.25) is 5.91 Å². The average Bonchev–Trinajstić information content (AvgIpc) is 3.48. The Morgan fingerprint density at radius 3 is 2.60 bits per heavy atom. The topological polar surface area (TPSA) is 143 Å². The van der Waals surface area contributed by atoms with Crippen LogP contribution in [0.4, 0.5) is 10.5 Å². The first kappa shape index (κ1) is 28.7. The second kappa shape index (κ2) is 12.2. The molecule has 0 saturated carbocycles. The molecule has 206 valence electrons. The zero-order chi connectivity index (χ0) is 29.0. The van der Waals surface area contributed by atoms with Crippen LogP contribution in [0, 0.1) is 6.92 Å². The Kier molecular flexibility index (Phi) is 8.76. The number of carbonyl (C=O) groups excluding carboxylic acids is 4. The van der Waals surface area contributed by atoms with Crippen LogP contribution in [0.1, 0.15) is 45.4 Å². The molecule has 2 heterocycles. The van der Waals surface area contributed by atoms with Gasteiger partial charge < -0.3 is 19.6 Å². The number of carbonyl (C=O) groups is 5. The van der Waals surface area contributed by atoms with Crippen molar-refractivity contribution in [3.05, 3.63) is 80.9 Å². The summed E-state index contributed by atoms with van der Waals surface area (Å²) in [6.45, 7) is 3.28. The van der Waals surface area contributed by atoms with Crippen molar-refractivity contribution in [3.63, 3.8) is 0 Å². The lowest BCUT2D eigenvalue weighted by Gasteiger charge is -2.13. The fourth-order valence-corrected chi connectivity index (χ4v) is 4.80. The number of halogens is 1. The zero-order valence-corrected chi connectivity index (χ0v) is 22.9. The number of esters is 1. The fourth-order valence-electron chi connectivity index (χ4n) is 3.79. The van der Waals surface area contributed by atoms with E-state index in [0.717, 1.165) is 4.90 Å². The smallest absolute Gasteiger partial charge is 0.339 e. The number of carboxylic acids is 1. The molecule has 40 heavy (non-hydrogen) atoms. The third-order valence-electron chi connectivity index (χ3n) is 5.72. The van der Waals surface area contributed by atoms with Crippen molar-refractivity contribution in [3.8, 4) is 11.3 Å². The van der Waals surface area contributed by atoms with Crippen LogP contribution in [-0.4, -0.2) is 52.2 Å². The standard InChI is InChI=1S/C28H23ClN2O8S/c1-3-10-38-27(36)20-12-17(5-8-21(20)29)30-24(32)14-31-25(33)23(40-28(31)37)13-18-6-9-22(39-18)19-7-4-16(26(34)35)11-15(19)2/h4-9,11-13H,3,10,14H2,1-2H3,(H,30,32)(H,34,35)/b23-13-. The van der Waals surface area contributed by atoms with Gasteiger partial charge >= 0.3 is 11.9 Å². The lowest BCUT2D eigenvalue weighted by atomic mass is 10.0. The number of rotatable bonds is 9. The molecule has 1 fully saturated rings.